The first kappa shape index (κ1) is 14.8. The third-order valence-electron chi connectivity index (χ3n) is 3.86. The highest BCUT2D eigenvalue weighted by Gasteiger charge is 2.18. The molecule has 1 unspecified atom stereocenters. The van der Waals surface area contributed by atoms with Crippen molar-refractivity contribution in [1.82, 2.24) is 0 Å². The lowest BCUT2D eigenvalue weighted by molar-refractivity contribution is -0.908. The summed E-state index contributed by atoms with van der Waals surface area (Å²) < 4.78 is 5.62. The Morgan fingerprint density at radius 1 is 1.40 bits per heavy atom. The van der Waals surface area contributed by atoms with Crippen molar-refractivity contribution in [3.05, 3.63) is 34.4 Å². The van der Waals surface area contributed by atoms with Gasteiger partial charge in [-0.05, 0) is 25.0 Å². The molecule has 5 nitrogen and oxygen atoms in total. The van der Waals surface area contributed by atoms with Crippen molar-refractivity contribution in [2.75, 3.05) is 26.2 Å². The van der Waals surface area contributed by atoms with Crippen molar-refractivity contribution >= 4 is 5.69 Å². The normalized spacial score (nSPS) is 22.4. The van der Waals surface area contributed by atoms with E-state index in [0.29, 0.717) is 12.4 Å². The Kier molecular flexibility index (Phi) is 5.35. The molecule has 110 valence electrons. The third kappa shape index (κ3) is 4.49. The van der Waals surface area contributed by atoms with Gasteiger partial charge in [-0.3, -0.25) is 10.1 Å². The lowest BCUT2D eigenvalue weighted by atomic mass is 10.0. The number of likely N-dealkylation sites (tertiary alicyclic amines) is 1. The molecule has 1 aromatic carbocycles. The fourth-order valence-electron chi connectivity index (χ4n) is 2.80. The first-order chi connectivity index (χ1) is 9.65. The largest absolute Gasteiger partial charge is 0.493 e. The Hall–Kier alpha value is -1.62. The first-order valence-electron chi connectivity index (χ1n) is 7.36. The molecule has 1 saturated heterocycles. The average Bonchev–Trinajstić information content (AvgIpc) is 2.44. The Bertz CT molecular complexity index is 433. The van der Waals surface area contributed by atoms with Crippen LogP contribution in [0.25, 0.3) is 0 Å². The van der Waals surface area contributed by atoms with Crippen LogP contribution >= 0.6 is 0 Å². The van der Waals surface area contributed by atoms with Crippen molar-refractivity contribution < 1.29 is 14.6 Å². The average molecular weight is 279 g/mol. The minimum Gasteiger partial charge on any atom is -0.493 e. The van der Waals surface area contributed by atoms with Gasteiger partial charge in [0.05, 0.1) is 31.2 Å². The van der Waals surface area contributed by atoms with Gasteiger partial charge < -0.3 is 9.64 Å². The molecule has 20 heavy (non-hydrogen) atoms. The number of rotatable bonds is 6. The fraction of sp³-hybridized carbons (Fsp3) is 0.600. The van der Waals surface area contributed by atoms with Gasteiger partial charge in [-0.25, -0.2) is 0 Å². The number of nitrogens with zero attached hydrogens (tertiary/aromatic N) is 1. The molecule has 1 aliphatic heterocycles. The van der Waals surface area contributed by atoms with E-state index >= 15 is 0 Å². The van der Waals surface area contributed by atoms with Gasteiger partial charge in [-0.1, -0.05) is 6.92 Å². The van der Waals surface area contributed by atoms with E-state index in [1.807, 2.05) is 0 Å². The van der Waals surface area contributed by atoms with E-state index in [4.69, 9.17) is 4.74 Å². The number of ether oxygens (including phenoxy) is 1. The zero-order chi connectivity index (χ0) is 14.4. The number of benzene rings is 1. The predicted molar refractivity (Wildman–Crippen MR) is 77.2 cm³/mol. The number of nitro groups is 1. The molecule has 0 spiro atoms. The molecule has 1 aliphatic rings. The van der Waals surface area contributed by atoms with E-state index in [-0.39, 0.29) is 5.69 Å². The van der Waals surface area contributed by atoms with Crippen LogP contribution in [-0.2, 0) is 0 Å². The Morgan fingerprint density at radius 2 is 2.15 bits per heavy atom. The van der Waals surface area contributed by atoms with E-state index in [1.54, 1.807) is 17.0 Å². The summed E-state index contributed by atoms with van der Waals surface area (Å²) in [7, 11) is 0. The van der Waals surface area contributed by atoms with E-state index < -0.39 is 4.92 Å². The molecule has 1 fully saturated rings. The standard InChI is InChI=1S/C15H22N2O3/c1-13-4-2-9-16(12-13)10-3-11-20-15-7-5-14(6-8-15)17(18)19/h5-8,13H,2-4,9-12H2,1H3/p+1/t13-/m0/s1. The van der Waals surface area contributed by atoms with Crippen molar-refractivity contribution in [1.29, 1.82) is 0 Å². The monoisotopic (exact) mass is 279 g/mol. The first-order valence-corrected chi connectivity index (χ1v) is 7.36. The molecular formula is C15H23N2O3+. The van der Waals surface area contributed by atoms with Crippen molar-refractivity contribution in [2.45, 2.75) is 26.2 Å². The molecule has 0 bridgehead atoms. The van der Waals surface area contributed by atoms with Crippen LogP contribution < -0.4 is 9.64 Å². The van der Waals surface area contributed by atoms with Gasteiger partial charge in [-0.2, -0.15) is 0 Å². The molecule has 0 radical (unpaired) electrons. The lowest BCUT2D eigenvalue weighted by Gasteiger charge is -2.27. The number of nitrogens with one attached hydrogen (secondary N) is 1. The third-order valence-corrected chi connectivity index (χ3v) is 3.86. The summed E-state index contributed by atoms with van der Waals surface area (Å²) in [5, 5.41) is 10.5. The minimum atomic E-state index is -0.398. The summed E-state index contributed by atoms with van der Waals surface area (Å²) in [6.07, 6.45) is 3.72. The lowest BCUT2D eigenvalue weighted by Crippen LogP contribution is -3.13. The summed E-state index contributed by atoms with van der Waals surface area (Å²) in [6.45, 7) is 6.71. The highest BCUT2D eigenvalue weighted by Crippen LogP contribution is 2.17. The maximum atomic E-state index is 10.5. The number of piperidine rings is 1. The summed E-state index contributed by atoms with van der Waals surface area (Å²) in [5.41, 5.74) is 0.101. The summed E-state index contributed by atoms with van der Waals surface area (Å²) in [4.78, 5) is 11.8. The molecule has 1 heterocycles. The molecule has 0 aliphatic carbocycles. The Morgan fingerprint density at radius 3 is 2.80 bits per heavy atom. The zero-order valence-electron chi connectivity index (χ0n) is 12.0. The van der Waals surface area contributed by atoms with Gasteiger partial charge in [-0.15, -0.1) is 0 Å². The van der Waals surface area contributed by atoms with Crippen LogP contribution in [0.3, 0.4) is 0 Å². The Labute approximate surface area is 119 Å². The number of nitro benzene ring substituents is 1. The van der Waals surface area contributed by atoms with Crippen molar-refractivity contribution in [3.8, 4) is 5.75 Å². The summed E-state index contributed by atoms with van der Waals surface area (Å²) in [6, 6.07) is 6.28. The van der Waals surface area contributed by atoms with Crippen molar-refractivity contribution in [2.24, 2.45) is 5.92 Å². The van der Waals surface area contributed by atoms with Crippen LogP contribution in [0.15, 0.2) is 24.3 Å². The van der Waals surface area contributed by atoms with E-state index in [0.717, 1.165) is 18.9 Å². The quantitative estimate of drug-likeness (QED) is 0.489. The van der Waals surface area contributed by atoms with Gasteiger partial charge in [0.15, 0.2) is 0 Å². The molecule has 0 saturated carbocycles. The van der Waals surface area contributed by atoms with Gasteiger partial charge in [0.25, 0.3) is 5.69 Å². The maximum absolute atomic E-state index is 10.5. The van der Waals surface area contributed by atoms with Crippen LogP contribution in [0.2, 0.25) is 0 Å². The van der Waals surface area contributed by atoms with Crippen LogP contribution in [-0.4, -0.2) is 31.2 Å². The highest BCUT2D eigenvalue weighted by atomic mass is 16.6. The van der Waals surface area contributed by atoms with Crippen LogP contribution in [0.4, 0.5) is 5.69 Å². The summed E-state index contributed by atoms with van der Waals surface area (Å²) >= 11 is 0. The second-order valence-electron chi connectivity index (χ2n) is 5.65. The molecular weight excluding hydrogens is 256 g/mol. The van der Waals surface area contributed by atoms with Gasteiger partial charge in [0, 0.05) is 24.5 Å². The van der Waals surface area contributed by atoms with E-state index in [2.05, 4.69) is 6.92 Å². The number of quaternary nitrogens is 1. The Balaban J connectivity index is 1.66. The van der Waals surface area contributed by atoms with Crippen LogP contribution in [0.5, 0.6) is 5.75 Å². The number of hydrogen-bond donors (Lipinski definition) is 1. The molecule has 1 N–H and O–H groups in total. The molecule has 2 rings (SSSR count). The van der Waals surface area contributed by atoms with Crippen molar-refractivity contribution in [3.63, 3.8) is 0 Å². The molecule has 0 amide bonds. The second kappa shape index (κ2) is 7.24. The predicted octanol–water partition coefficient (Wildman–Crippen LogP) is 1.68. The SMILES string of the molecule is C[C@H]1CCC[NH+](CCCOc2ccc([N+](=O)[O-])cc2)C1. The topological polar surface area (TPSA) is 56.8 Å². The summed E-state index contributed by atoms with van der Waals surface area (Å²) in [5.74, 6) is 1.55. The van der Waals surface area contributed by atoms with Gasteiger partial charge >= 0.3 is 0 Å². The number of non-ortho nitro benzene ring substituents is 1. The van der Waals surface area contributed by atoms with E-state index in [1.165, 1.54) is 38.1 Å². The van der Waals surface area contributed by atoms with Crippen LogP contribution in [0, 0.1) is 16.0 Å². The molecule has 5 heteroatoms. The maximum Gasteiger partial charge on any atom is 0.269 e. The van der Waals surface area contributed by atoms with E-state index in [9.17, 15) is 10.1 Å². The molecule has 1 aromatic rings. The van der Waals surface area contributed by atoms with Gasteiger partial charge in [0.2, 0.25) is 0 Å². The fourth-order valence-corrected chi connectivity index (χ4v) is 2.80. The second-order valence-corrected chi connectivity index (χ2v) is 5.65. The highest BCUT2D eigenvalue weighted by molar-refractivity contribution is 5.35. The zero-order valence-corrected chi connectivity index (χ0v) is 12.0. The molecule has 0 aromatic heterocycles. The molecule has 2 atom stereocenters. The minimum absolute atomic E-state index is 0.101. The number of hydrogen-bond acceptors (Lipinski definition) is 3. The van der Waals surface area contributed by atoms with Gasteiger partial charge in [0.1, 0.15) is 5.75 Å². The van der Waals surface area contributed by atoms with Crippen LogP contribution in [0.1, 0.15) is 26.2 Å². The smallest absolute Gasteiger partial charge is 0.269 e.